The summed E-state index contributed by atoms with van der Waals surface area (Å²) in [6.07, 6.45) is 0.108. The highest BCUT2D eigenvalue weighted by atomic mass is 16.6. The van der Waals surface area contributed by atoms with Crippen molar-refractivity contribution in [3.05, 3.63) is 71.8 Å². The molecule has 2 rings (SSSR count). The second kappa shape index (κ2) is 16.5. The van der Waals surface area contributed by atoms with Gasteiger partial charge in [0.1, 0.15) is 17.7 Å². The molecule has 42 heavy (non-hydrogen) atoms. The molecule has 10 heteroatoms. The van der Waals surface area contributed by atoms with Crippen molar-refractivity contribution in [2.75, 3.05) is 20.8 Å². The molecule has 3 amide bonds. The van der Waals surface area contributed by atoms with Gasteiger partial charge in [0.2, 0.25) is 11.8 Å². The summed E-state index contributed by atoms with van der Waals surface area (Å²) in [6.45, 7) is 9.08. The van der Waals surface area contributed by atoms with Crippen LogP contribution >= 0.6 is 0 Å². The second-order valence-corrected chi connectivity index (χ2v) is 11.3. The second-order valence-electron chi connectivity index (χ2n) is 11.3. The van der Waals surface area contributed by atoms with E-state index >= 15 is 0 Å². The van der Waals surface area contributed by atoms with Crippen LogP contribution in [0.25, 0.3) is 0 Å². The zero-order valence-corrected chi connectivity index (χ0v) is 25.7. The lowest BCUT2D eigenvalue weighted by Gasteiger charge is -2.32. The van der Waals surface area contributed by atoms with Crippen LogP contribution in [0.3, 0.4) is 0 Å². The van der Waals surface area contributed by atoms with Gasteiger partial charge in [-0.2, -0.15) is 0 Å². The number of benzene rings is 2. The van der Waals surface area contributed by atoms with Gasteiger partial charge in [0.25, 0.3) is 0 Å². The molecule has 10 nitrogen and oxygen atoms in total. The molecule has 2 aromatic carbocycles. The van der Waals surface area contributed by atoms with E-state index < -0.39 is 47.6 Å². The van der Waals surface area contributed by atoms with E-state index in [0.717, 1.165) is 11.1 Å². The number of likely N-dealkylation sites (N-methyl/N-ethyl adjacent to an activating group) is 1. The van der Waals surface area contributed by atoms with Crippen LogP contribution in [0.4, 0.5) is 4.79 Å². The maximum atomic E-state index is 13.7. The van der Waals surface area contributed by atoms with Crippen LogP contribution in [0.5, 0.6) is 0 Å². The van der Waals surface area contributed by atoms with Crippen LogP contribution in [0.15, 0.2) is 60.7 Å². The number of rotatable bonds is 14. The highest BCUT2D eigenvalue weighted by molar-refractivity contribution is 5.93. The smallest absolute Gasteiger partial charge is 0.410 e. The number of methoxy groups -OCH3 is 1. The summed E-state index contributed by atoms with van der Waals surface area (Å²) < 4.78 is 16.1. The standard InChI is InChI=1S/C32H45N3O7/c1-8-22(2)27(29(37)33-25(30(38)40-7)21-41-20-24-17-13-10-14-18-24)34-28(36)26(19-23-15-11-9-12-16-23)35(6)31(39)42-32(3,4)5/h9-18,22,25-27H,8,19-21H2,1-7H3,(H,33,37)(H,34,36)/t22-,25-,26+,27-/m0/s1. The number of ether oxygens (including phenoxy) is 3. The summed E-state index contributed by atoms with van der Waals surface area (Å²) in [5.74, 6) is -2.05. The minimum atomic E-state index is -1.08. The van der Waals surface area contributed by atoms with Gasteiger partial charge in [-0.05, 0) is 37.8 Å². The van der Waals surface area contributed by atoms with Gasteiger partial charge >= 0.3 is 12.1 Å². The first-order valence-electron chi connectivity index (χ1n) is 14.2. The number of carbonyl (C=O) groups is 4. The quantitative estimate of drug-likeness (QED) is 0.324. The fraction of sp³-hybridized carbons (Fsp3) is 0.500. The van der Waals surface area contributed by atoms with Gasteiger partial charge in [0, 0.05) is 13.5 Å². The van der Waals surface area contributed by atoms with E-state index in [1.807, 2.05) is 74.5 Å². The molecule has 230 valence electrons. The molecule has 0 heterocycles. The summed E-state index contributed by atoms with van der Waals surface area (Å²) in [5.41, 5.74) is 0.985. The fourth-order valence-corrected chi connectivity index (χ4v) is 4.10. The summed E-state index contributed by atoms with van der Waals surface area (Å²) in [7, 11) is 2.73. The third-order valence-corrected chi connectivity index (χ3v) is 6.71. The Labute approximate surface area is 249 Å². The molecule has 0 fully saturated rings. The van der Waals surface area contributed by atoms with Crippen LogP contribution < -0.4 is 10.6 Å². The molecule has 0 unspecified atom stereocenters. The Kier molecular flexibility index (Phi) is 13.5. The molecule has 0 saturated heterocycles. The summed E-state index contributed by atoms with van der Waals surface area (Å²) >= 11 is 0. The predicted molar refractivity (Wildman–Crippen MR) is 159 cm³/mol. The van der Waals surface area contributed by atoms with Gasteiger partial charge in [-0.3, -0.25) is 14.5 Å². The average molecular weight is 584 g/mol. The van der Waals surface area contributed by atoms with E-state index in [1.54, 1.807) is 20.8 Å². The van der Waals surface area contributed by atoms with E-state index in [2.05, 4.69) is 10.6 Å². The van der Waals surface area contributed by atoms with E-state index in [-0.39, 0.29) is 25.6 Å². The number of hydrogen-bond donors (Lipinski definition) is 2. The zero-order valence-electron chi connectivity index (χ0n) is 25.7. The molecule has 4 atom stereocenters. The van der Waals surface area contributed by atoms with Gasteiger partial charge in [0.15, 0.2) is 6.04 Å². The van der Waals surface area contributed by atoms with Gasteiger partial charge < -0.3 is 24.8 Å². The van der Waals surface area contributed by atoms with Crippen LogP contribution in [-0.2, 0) is 41.6 Å². The topological polar surface area (TPSA) is 123 Å². The predicted octanol–water partition coefficient (Wildman–Crippen LogP) is 3.87. The van der Waals surface area contributed by atoms with Crippen molar-refractivity contribution in [1.29, 1.82) is 0 Å². The minimum Gasteiger partial charge on any atom is -0.467 e. The van der Waals surface area contributed by atoms with E-state index in [9.17, 15) is 19.2 Å². The Morgan fingerprint density at radius 2 is 1.45 bits per heavy atom. The first-order valence-corrected chi connectivity index (χ1v) is 14.2. The van der Waals surface area contributed by atoms with Crippen molar-refractivity contribution in [3.8, 4) is 0 Å². The largest absolute Gasteiger partial charge is 0.467 e. The van der Waals surface area contributed by atoms with Gasteiger partial charge in [0.05, 0.1) is 20.3 Å². The lowest BCUT2D eigenvalue weighted by atomic mass is 9.96. The van der Waals surface area contributed by atoms with Crippen molar-refractivity contribution in [2.45, 2.75) is 77.8 Å². The molecular formula is C32H45N3O7. The van der Waals surface area contributed by atoms with Crippen LogP contribution in [-0.4, -0.2) is 73.3 Å². The monoisotopic (exact) mass is 583 g/mol. The molecule has 2 aromatic rings. The first-order chi connectivity index (χ1) is 19.9. The molecule has 0 aliphatic heterocycles. The Balaban J connectivity index is 2.23. The van der Waals surface area contributed by atoms with Crippen molar-refractivity contribution in [3.63, 3.8) is 0 Å². The summed E-state index contributed by atoms with van der Waals surface area (Å²) in [5, 5.41) is 5.53. The number of nitrogens with zero attached hydrogens (tertiary/aromatic N) is 1. The highest BCUT2D eigenvalue weighted by Gasteiger charge is 2.35. The van der Waals surface area contributed by atoms with Crippen molar-refractivity contribution >= 4 is 23.9 Å². The molecule has 0 aromatic heterocycles. The first kappa shape index (κ1) is 34.3. The molecule has 0 saturated carbocycles. The third kappa shape index (κ3) is 11.2. The van der Waals surface area contributed by atoms with Crippen molar-refractivity contribution in [2.24, 2.45) is 5.92 Å². The van der Waals surface area contributed by atoms with E-state index in [4.69, 9.17) is 14.2 Å². The Morgan fingerprint density at radius 3 is 1.98 bits per heavy atom. The maximum absolute atomic E-state index is 13.7. The maximum Gasteiger partial charge on any atom is 0.410 e. The van der Waals surface area contributed by atoms with Gasteiger partial charge in [-0.25, -0.2) is 9.59 Å². The molecule has 2 N–H and O–H groups in total. The fourth-order valence-electron chi connectivity index (χ4n) is 4.10. The molecule has 0 spiro atoms. The highest BCUT2D eigenvalue weighted by Crippen LogP contribution is 2.16. The van der Waals surface area contributed by atoms with Gasteiger partial charge in [-0.1, -0.05) is 80.9 Å². The van der Waals surface area contributed by atoms with Crippen molar-refractivity contribution in [1.82, 2.24) is 15.5 Å². The lowest BCUT2D eigenvalue weighted by molar-refractivity contribution is -0.147. The van der Waals surface area contributed by atoms with Crippen LogP contribution in [0.2, 0.25) is 0 Å². The number of esters is 1. The third-order valence-electron chi connectivity index (χ3n) is 6.71. The SMILES string of the molecule is CC[C@H](C)[C@H](NC(=O)[C@@H](Cc1ccccc1)N(C)C(=O)OC(C)(C)C)C(=O)N[C@@H](COCc1ccccc1)C(=O)OC. The van der Waals surface area contributed by atoms with Crippen LogP contribution in [0.1, 0.15) is 52.2 Å². The Bertz CT molecular complexity index is 1150. The summed E-state index contributed by atoms with van der Waals surface area (Å²) in [4.78, 5) is 53.9. The normalized spacial score (nSPS) is 14.1. The van der Waals surface area contributed by atoms with E-state index in [0.29, 0.717) is 6.42 Å². The number of carbonyl (C=O) groups excluding carboxylic acids is 4. The van der Waals surface area contributed by atoms with Gasteiger partial charge in [-0.15, -0.1) is 0 Å². The summed E-state index contributed by atoms with van der Waals surface area (Å²) in [6, 6.07) is 15.7. The molecule has 0 aliphatic rings. The molecule has 0 bridgehead atoms. The minimum absolute atomic E-state index is 0.119. The van der Waals surface area contributed by atoms with Crippen LogP contribution in [0, 0.1) is 5.92 Å². The van der Waals surface area contributed by atoms with E-state index in [1.165, 1.54) is 19.1 Å². The van der Waals surface area contributed by atoms with Crippen molar-refractivity contribution < 1.29 is 33.4 Å². The number of nitrogens with one attached hydrogen (secondary N) is 2. The molecular weight excluding hydrogens is 538 g/mol. The molecule has 0 radical (unpaired) electrons. The zero-order chi connectivity index (χ0) is 31.3. The molecule has 0 aliphatic carbocycles. The Hall–Kier alpha value is -3.92. The average Bonchev–Trinajstić information content (AvgIpc) is 2.96. The lowest BCUT2D eigenvalue weighted by Crippen LogP contribution is -2.59. The number of hydrogen-bond acceptors (Lipinski definition) is 7. The number of amides is 3. The Morgan fingerprint density at radius 1 is 0.881 bits per heavy atom.